The van der Waals surface area contributed by atoms with E-state index in [1.807, 2.05) is 6.07 Å². The lowest BCUT2D eigenvalue weighted by Crippen LogP contribution is -2.06. The van der Waals surface area contributed by atoms with E-state index >= 15 is 0 Å². The summed E-state index contributed by atoms with van der Waals surface area (Å²) in [6.45, 7) is 0.395. The Morgan fingerprint density at radius 2 is 2.05 bits per heavy atom. The molecule has 102 valence electrons. The van der Waals surface area contributed by atoms with E-state index in [9.17, 15) is 13.2 Å². The molecule has 0 aliphatic rings. The number of halogens is 4. The molecule has 0 bridgehead atoms. The summed E-state index contributed by atoms with van der Waals surface area (Å²) >= 11 is 5.82. The van der Waals surface area contributed by atoms with Gasteiger partial charge in [-0.15, -0.1) is 0 Å². The smallest absolute Gasteiger partial charge is 0.378 e. The fourth-order valence-corrected chi connectivity index (χ4v) is 1.83. The molecule has 2 aromatic rings. The second-order valence-electron chi connectivity index (χ2n) is 4.03. The van der Waals surface area contributed by atoms with Gasteiger partial charge in [0.2, 0.25) is 0 Å². The first kappa shape index (κ1) is 13.7. The average molecular weight is 290 g/mol. The lowest BCUT2D eigenvalue weighted by atomic mass is 10.2. The number of nitrogens with one attached hydrogen (secondary N) is 1. The number of anilines is 1. The summed E-state index contributed by atoms with van der Waals surface area (Å²) in [5.41, 5.74) is 0.458. The van der Waals surface area contributed by atoms with Crippen LogP contribution in [0.4, 0.5) is 18.9 Å². The van der Waals surface area contributed by atoms with Crippen LogP contribution < -0.4 is 5.32 Å². The molecule has 0 atom stereocenters. The number of alkyl halides is 3. The average Bonchev–Trinajstić information content (AvgIpc) is 2.72. The molecule has 3 nitrogen and oxygen atoms in total. The highest BCUT2D eigenvalue weighted by Crippen LogP contribution is 2.33. The van der Waals surface area contributed by atoms with Crippen molar-refractivity contribution in [3.63, 3.8) is 0 Å². The fraction of sp³-hybridized carbons (Fsp3) is 0.250. The lowest BCUT2D eigenvalue weighted by Gasteiger charge is -2.11. The third-order valence-corrected chi connectivity index (χ3v) is 2.84. The molecule has 0 radical (unpaired) electrons. The third-order valence-electron chi connectivity index (χ3n) is 2.53. The van der Waals surface area contributed by atoms with Crippen molar-refractivity contribution < 1.29 is 13.2 Å². The summed E-state index contributed by atoms with van der Waals surface area (Å²) in [6.07, 6.45) is -2.60. The number of aryl methyl sites for hydroxylation is 1. The Labute approximate surface area is 113 Å². The van der Waals surface area contributed by atoms with E-state index < -0.39 is 11.7 Å². The van der Waals surface area contributed by atoms with Gasteiger partial charge in [-0.2, -0.15) is 18.3 Å². The minimum absolute atomic E-state index is 0.0331. The Hall–Kier alpha value is -1.69. The molecule has 0 aliphatic carbocycles. The minimum Gasteiger partial charge on any atom is -0.378 e. The molecule has 0 saturated carbocycles. The Kier molecular flexibility index (Phi) is 3.71. The molecule has 1 aromatic carbocycles. The maximum atomic E-state index is 12.5. The summed E-state index contributed by atoms with van der Waals surface area (Å²) < 4.78 is 39.0. The van der Waals surface area contributed by atoms with Crippen LogP contribution in [0.25, 0.3) is 0 Å². The van der Waals surface area contributed by atoms with Crippen molar-refractivity contribution in [3.8, 4) is 0 Å². The molecule has 1 heterocycles. The topological polar surface area (TPSA) is 29.9 Å². The van der Waals surface area contributed by atoms with Crippen molar-refractivity contribution in [2.75, 3.05) is 5.32 Å². The SMILES string of the molecule is Cn1ccc(CNc2ccc(C(F)(F)F)cc2Cl)n1. The standard InChI is InChI=1S/C12H11ClF3N3/c1-19-5-4-9(18-19)7-17-11-3-2-8(6-10(11)13)12(14,15)16/h2-6,17H,7H2,1H3. The van der Waals surface area contributed by atoms with E-state index in [0.717, 1.165) is 17.8 Å². The molecule has 7 heteroatoms. The third kappa shape index (κ3) is 3.41. The molecule has 19 heavy (non-hydrogen) atoms. The summed E-state index contributed by atoms with van der Waals surface area (Å²) in [5, 5.41) is 7.12. The highest BCUT2D eigenvalue weighted by Gasteiger charge is 2.30. The largest absolute Gasteiger partial charge is 0.416 e. The second-order valence-corrected chi connectivity index (χ2v) is 4.43. The summed E-state index contributed by atoms with van der Waals surface area (Å²) in [5.74, 6) is 0. The van der Waals surface area contributed by atoms with Gasteiger partial charge in [-0.25, -0.2) is 0 Å². The van der Waals surface area contributed by atoms with Crippen LogP contribution in [-0.2, 0) is 19.8 Å². The molecule has 2 rings (SSSR count). The predicted molar refractivity (Wildman–Crippen MR) is 67.0 cm³/mol. The zero-order valence-electron chi connectivity index (χ0n) is 10.0. The number of hydrogen-bond donors (Lipinski definition) is 1. The Morgan fingerprint density at radius 3 is 2.58 bits per heavy atom. The number of aromatic nitrogens is 2. The molecular formula is C12H11ClF3N3. The van der Waals surface area contributed by atoms with E-state index in [1.165, 1.54) is 6.07 Å². The fourth-order valence-electron chi connectivity index (χ4n) is 1.58. The molecular weight excluding hydrogens is 279 g/mol. The second kappa shape index (κ2) is 5.13. The quantitative estimate of drug-likeness (QED) is 0.933. The first-order valence-corrected chi connectivity index (χ1v) is 5.83. The summed E-state index contributed by atoms with van der Waals surface area (Å²) in [7, 11) is 1.79. The van der Waals surface area contributed by atoms with Crippen LogP contribution in [0.1, 0.15) is 11.3 Å². The first-order chi connectivity index (χ1) is 8.86. The van der Waals surface area contributed by atoms with Gasteiger partial charge in [0.15, 0.2) is 0 Å². The van der Waals surface area contributed by atoms with Gasteiger partial charge in [-0.3, -0.25) is 4.68 Å². The van der Waals surface area contributed by atoms with Crippen molar-refractivity contribution in [1.29, 1.82) is 0 Å². The number of benzene rings is 1. The summed E-state index contributed by atoms with van der Waals surface area (Å²) in [4.78, 5) is 0. The minimum atomic E-state index is -4.39. The summed E-state index contributed by atoms with van der Waals surface area (Å²) in [6, 6.07) is 5.02. The Bertz CT molecular complexity index is 578. The van der Waals surface area contributed by atoms with Crippen LogP contribution in [0, 0.1) is 0 Å². The van der Waals surface area contributed by atoms with E-state index in [0.29, 0.717) is 12.2 Å². The van der Waals surface area contributed by atoms with Gasteiger partial charge in [-0.05, 0) is 24.3 Å². The van der Waals surface area contributed by atoms with Gasteiger partial charge >= 0.3 is 6.18 Å². The Balaban J connectivity index is 2.09. The maximum Gasteiger partial charge on any atom is 0.416 e. The van der Waals surface area contributed by atoms with Gasteiger partial charge in [-0.1, -0.05) is 11.6 Å². The number of hydrogen-bond acceptors (Lipinski definition) is 2. The molecule has 0 unspecified atom stereocenters. The van der Waals surface area contributed by atoms with E-state index in [2.05, 4.69) is 10.4 Å². The zero-order chi connectivity index (χ0) is 14.0. The molecule has 0 aliphatic heterocycles. The van der Waals surface area contributed by atoms with Crippen LogP contribution in [0.2, 0.25) is 5.02 Å². The van der Waals surface area contributed by atoms with Crippen molar-refractivity contribution in [1.82, 2.24) is 9.78 Å². The lowest BCUT2D eigenvalue weighted by molar-refractivity contribution is -0.137. The van der Waals surface area contributed by atoms with E-state index in [1.54, 1.807) is 17.9 Å². The molecule has 0 fully saturated rings. The molecule has 0 spiro atoms. The normalized spacial score (nSPS) is 11.6. The van der Waals surface area contributed by atoms with Gasteiger partial charge < -0.3 is 5.32 Å². The zero-order valence-corrected chi connectivity index (χ0v) is 10.8. The van der Waals surface area contributed by atoms with E-state index in [4.69, 9.17) is 11.6 Å². The van der Waals surface area contributed by atoms with Crippen molar-refractivity contribution >= 4 is 17.3 Å². The molecule has 0 saturated heterocycles. The van der Waals surface area contributed by atoms with Crippen molar-refractivity contribution in [2.45, 2.75) is 12.7 Å². The van der Waals surface area contributed by atoms with Gasteiger partial charge in [0, 0.05) is 13.2 Å². The van der Waals surface area contributed by atoms with Crippen LogP contribution in [0.3, 0.4) is 0 Å². The monoisotopic (exact) mass is 289 g/mol. The molecule has 0 amide bonds. The van der Waals surface area contributed by atoms with Crippen LogP contribution >= 0.6 is 11.6 Å². The van der Waals surface area contributed by atoms with E-state index in [-0.39, 0.29) is 5.02 Å². The highest BCUT2D eigenvalue weighted by atomic mass is 35.5. The maximum absolute atomic E-state index is 12.5. The van der Waals surface area contributed by atoms with Gasteiger partial charge in [0.25, 0.3) is 0 Å². The Morgan fingerprint density at radius 1 is 1.32 bits per heavy atom. The van der Waals surface area contributed by atoms with Crippen LogP contribution in [0.15, 0.2) is 30.5 Å². The number of rotatable bonds is 3. The van der Waals surface area contributed by atoms with Gasteiger partial charge in [0.1, 0.15) is 0 Å². The molecule has 1 aromatic heterocycles. The van der Waals surface area contributed by atoms with Crippen LogP contribution in [0.5, 0.6) is 0 Å². The highest BCUT2D eigenvalue weighted by molar-refractivity contribution is 6.33. The predicted octanol–water partition coefficient (Wildman–Crippen LogP) is 3.70. The molecule has 1 N–H and O–H groups in total. The van der Waals surface area contributed by atoms with Crippen molar-refractivity contribution in [2.24, 2.45) is 7.05 Å². The number of nitrogens with zero attached hydrogens (tertiary/aromatic N) is 2. The van der Waals surface area contributed by atoms with Gasteiger partial charge in [0.05, 0.1) is 28.5 Å². The van der Waals surface area contributed by atoms with Crippen molar-refractivity contribution in [3.05, 3.63) is 46.7 Å². The van der Waals surface area contributed by atoms with Crippen LogP contribution in [-0.4, -0.2) is 9.78 Å². The first-order valence-electron chi connectivity index (χ1n) is 5.45.